The summed E-state index contributed by atoms with van der Waals surface area (Å²) < 4.78 is 34.8. The molecule has 0 aromatic heterocycles. The average Bonchev–Trinajstić information content (AvgIpc) is 3.23. The third-order valence-corrected chi connectivity index (χ3v) is 5.88. The number of hydrogen-bond donors (Lipinski definition) is 0. The maximum atomic E-state index is 12.0. The second-order valence-corrected chi connectivity index (χ2v) is 8.71. The van der Waals surface area contributed by atoms with E-state index < -0.39 is 42.6 Å². The van der Waals surface area contributed by atoms with Crippen molar-refractivity contribution in [3.63, 3.8) is 0 Å². The van der Waals surface area contributed by atoms with Crippen molar-refractivity contribution in [1.29, 1.82) is 0 Å². The molecule has 1 fully saturated rings. The highest BCUT2D eigenvalue weighted by Gasteiger charge is 2.52. The number of carbonyl (C=O) groups excluding carboxylic acids is 2. The third kappa shape index (κ3) is 8.74. The van der Waals surface area contributed by atoms with Crippen molar-refractivity contribution in [3.05, 3.63) is 76.2 Å². The van der Waals surface area contributed by atoms with Crippen LogP contribution in [-0.4, -0.2) is 56.3 Å². The van der Waals surface area contributed by atoms with Gasteiger partial charge in [-0.15, -0.1) is 0 Å². The van der Waals surface area contributed by atoms with Crippen LogP contribution < -0.4 is 4.74 Å². The fourth-order valence-corrected chi connectivity index (χ4v) is 4.16. The molecule has 1 saturated heterocycles. The number of methoxy groups -OCH3 is 1. The van der Waals surface area contributed by atoms with Gasteiger partial charge in [0.25, 0.3) is 0 Å². The van der Waals surface area contributed by atoms with Gasteiger partial charge in [0.05, 0.1) is 26.4 Å². The van der Waals surface area contributed by atoms with Crippen LogP contribution in [0, 0.1) is 0 Å². The fourth-order valence-electron chi connectivity index (χ4n) is 4.16. The number of carbonyl (C=O) groups is 2. The zero-order chi connectivity index (χ0) is 27.3. The smallest absolute Gasteiger partial charge is 0.305 e. The summed E-state index contributed by atoms with van der Waals surface area (Å²) in [5.41, 5.74) is 10.5. The normalized spacial score (nSPS) is 21.2. The highest BCUT2D eigenvalue weighted by atomic mass is 16.7. The lowest BCUT2D eigenvalue weighted by atomic mass is 10.0. The summed E-state index contributed by atoms with van der Waals surface area (Å²) in [7, 11) is 1.59. The van der Waals surface area contributed by atoms with Gasteiger partial charge < -0.3 is 28.4 Å². The lowest BCUT2D eigenvalue weighted by Gasteiger charge is -2.29. The zero-order valence-corrected chi connectivity index (χ0v) is 21.7. The molecule has 0 bridgehead atoms. The molecule has 1 heterocycles. The standard InChI is InChI=1S/C27H33N3O8/c1-18(31)36-26-25(35-17-21-11-13-22(33-3)14-12-21)24(38-27(26)37-19(2)32)23(10-7-15-29-30-28)34-16-20-8-5-4-6-9-20/h4-6,8-9,11-14,23-27H,7,10,15-17H2,1-3H3/t23-,24-,25?,26?,27-/m1/s1. The summed E-state index contributed by atoms with van der Waals surface area (Å²) in [4.78, 5) is 26.6. The molecule has 38 heavy (non-hydrogen) atoms. The number of azide groups is 1. The molecule has 2 aromatic rings. The molecular formula is C27H33N3O8. The molecule has 204 valence electrons. The van der Waals surface area contributed by atoms with Crippen molar-refractivity contribution in [2.75, 3.05) is 13.7 Å². The van der Waals surface area contributed by atoms with E-state index in [0.717, 1.165) is 11.1 Å². The molecule has 5 atom stereocenters. The highest BCUT2D eigenvalue weighted by molar-refractivity contribution is 5.67. The quantitative estimate of drug-likeness (QED) is 0.115. The fraction of sp³-hybridized carbons (Fsp3) is 0.481. The van der Waals surface area contributed by atoms with Gasteiger partial charge in [0.15, 0.2) is 6.10 Å². The number of benzene rings is 2. The Labute approximate surface area is 221 Å². The van der Waals surface area contributed by atoms with Crippen molar-refractivity contribution in [2.24, 2.45) is 5.11 Å². The van der Waals surface area contributed by atoms with Crippen molar-refractivity contribution in [3.8, 4) is 5.75 Å². The van der Waals surface area contributed by atoms with Crippen LogP contribution in [0.2, 0.25) is 0 Å². The van der Waals surface area contributed by atoms with Crippen LogP contribution in [-0.2, 0) is 46.5 Å². The molecule has 0 amide bonds. The molecule has 0 radical (unpaired) electrons. The lowest BCUT2D eigenvalue weighted by Crippen LogP contribution is -2.44. The molecule has 3 rings (SSSR count). The second-order valence-electron chi connectivity index (χ2n) is 8.71. The number of ether oxygens (including phenoxy) is 6. The Morgan fingerprint density at radius 3 is 2.29 bits per heavy atom. The van der Waals surface area contributed by atoms with Crippen molar-refractivity contribution in [1.82, 2.24) is 0 Å². The second kappa shape index (κ2) is 14.9. The molecule has 2 aromatic carbocycles. The molecule has 11 nitrogen and oxygen atoms in total. The Hall–Kier alpha value is -3.63. The van der Waals surface area contributed by atoms with Gasteiger partial charge in [0, 0.05) is 25.3 Å². The Morgan fingerprint density at radius 1 is 0.974 bits per heavy atom. The van der Waals surface area contributed by atoms with Crippen molar-refractivity contribution < 1.29 is 38.0 Å². The van der Waals surface area contributed by atoms with Gasteiger partial charge in [-0.05, 0) is 41.6 Å². The van der Waals surface area contributed by atoms with Gasteiger partial charge >= 0.3 is 11.9 Å². The van der Waals surface area contributed by atoms with E-state index >= 15 is 0 Å². The summed E-state index contributed by atoms with van der Waals surface area (Å²) in [5, 5.41) is 3.61. The summed E-state index contributed by atoms with van der Waals surface area (Å²) in [6, 6.07) is 17.0. The predicted octanol–water partition coefficient (Wildman–Crippen LogP) is 4.48. The van der Waals surface area contributed by atoms with Gasteiger partial charge in [-0.3, -0.25) is 9.59 Å². The minimum atomic E-state index is -1.18. The van der Waals surface area contributed by atoms with E-state index in [0.29, 0.717) is 18.6 Å². The molecule has 1 aliphatic rings. The molecule has 0 spiro atoms. The topological polar surface area (TPSA) is 138 Å². The van der Waals surface area contributed by atoms with Crippen LogP contribution in [0.1, 0.15) is 37.8 Å². The summed E-state index contributed by atoms with van der Waals surface area (Å²) in [5.74, 6) is -0.454. The zero-order valence-electron chi connectivity index (χ0n) is 21.7. The minimum absolute atomic E-state index is 0.170. The number of nitrogens with zero attached hydrogens (tertiary/aromatic N) is 3. The SMILES string of the molecule is COc1ccc(COC2C(OC(C)=O)[C@H](OC(C)=O)O[C@@H]2[C@@H](CCCN=[N+]=[N-])OCc2ccccc2)cc1. The van der Waals surface area contributed by atoms with E-state index in [1.807, 2.05) is 54.6 Å². The first-order chi connectivity index (χ1) is 18.4. The van der Waals surface area contributed by atoms with Gasteiger partial charge in [-0.1, -0.05) is 47.6 Å². The van der Waals surface area contributed by atoms with E-state index in [-0.39, 0.29) is 19.8 Å². The molecule has 0 N–H and O–H groups in total. The van der Waals surface area contributed by atoms with Crippen LogP contribution >= 0.6 is 0 Å². The number of esters is 2. The lowest BCUT2D eigenvalue weighted by molar-refractivity contribution is -0.201. The van der Waals surface area contributed by atoms with Gasteiger partial charge in [-0.25, -0.2) is 0 Å². The van der Waals surface area contributed by atoms with E-state index in [4.69, 9.17) is 34.0 Å². The van der Waals surface area contributed by atoms with E-state index in [9.17, 15) is 9.59 Å². The summed E-state index contributed by atoms with van der Waals surface area (Å²) in [6.07, 6.45) is -3.34. The van der Waals surface area contributed by atoms with Crippen molar-refractivity contribution >= 4 is 11.9 Å². The summed E-state index contributed by atoms with van der Waals surface area (Å²) >= 11 is 0. The van der Waals surface area contributed by atoms with Crippen LogP contribution in [0.25, 0.3) is 10.4 Å². The van der Waals surface area contributed by atoms with Crippen molar-refractivity contribution in [2.45, 2.75) is 70.6 Å². The third-order valence-electron chi connectivity index (χ3n) is 5.88. The molecular weight excluding hydrogens is 494 g/mol. The van der Waals surface area contributed by atoms with Gasteiger partial charge in [0.1, 0.15) is 18.0 Å². The molecule has 0 aliphatic carbocycles. The molecule has 2 unspecified atom stereocenters. The van der Waals surface area contributed by atoms with Crippen LogP contribution in [0.5, 0.6) is 5.75 Å². The van der Waals surface area contributed by atoms with Crippen LogP contribution in [0.4, 0.5) is 0 Å². The van der Waals surface area contributed by atoms with Gasteiger partial charge in [-0.2, -0.15) is 0 Å². The Bertz CT molecular complexity index is 1080. The van der Waals surface area contributed by atoms with Crippen LogP contribution in [0.15, 0.2) is 59.7 Å². The molecule has 11 heteroatoms. The highest BCUT2D eigenvalue weighted by Crippen LogP contribution is 2.33. The number of hydrogen-bond acceptors (Lipinski definition) is 9. The van der Waals surface area contributed by atoms with E-state index in [1.54, 1.807) is 7.11 Å². The minimum Gasteiger partial charge on any atom is -0.497 e. The average molecular weight is 528 g/mol. The number of rotatable bonds is 14. The maximum Gasteiger partial charge on any atom is 0.305 e. The summed E-state index contributed by atoms with van der Waals surface area (Å²) in [6.45, 7) is 3.24. The first-order valence-corrected chi connectivity index (χ1v) is 12.3. The Kier molecular flexibility index (Phi) is 11.4. The Morgan fingerprint density at radius 2 is 1.66 bits per heavy atom. The van der Waals surface area contributed by atoms with E-state index in [1.165, 1.54) is 13.8 Å². The van der Waals surface area contributed by atoms with E-state index in [2.05, 4.69) is 10.0 Å². The Balaban J connectivity index is 1.86. The van der Waals surface area contributed by atoms with Gasteiger partial charge in [0.2, 0.25) is 6.29 Å². The first kappa shape index (κ1) is 28.9. The molecule has 0 saturated carbocycles. The monoisotopic (exact) mass is 527 g/mol. The first-order valence-electron chi connectivity index (χ1n) is 12.3. The largest absolute Gasteiger partial charge is 0.497 e. The van der Waals surface area contributed by atoms with Crippen LogP contribution in [0.3, 0.4) is 0 Å². The maximum absolute atomic E-state index is 12.0. The predicted molar refractivity (Wildman–Crippen MR) is 136 cm³/mol. The molecule has 1 aliphatic heterocycles.